The average Bonchev–Trinajstić information content (AvgIpc) is 3.17. The highest BCUT2D eigenvalue weighted by molar-refractivity contribution is 7.89. The summed E-state index contributed by atoms with van der Waals surface area (Å²) in [5.41, 5.74) is -0.0327. The number of anilines is 1. The lowest BCUT2D eigenvalue weighted by Crippen LogP contribution is -2.30. The van der Waals surface area contributed by atoms with Crippen LogP contribution in [0.3, 0.4) is 0 Å². The second-order valence-electron chi connectivity index (χ2n) is 7.55. The third-order valence-electron chi connectivity index (χ3n) is 5.01. The van der Waals surface area contributed by atoms with Crippen LogP contribution in [-0.4, -0.2) is 74.8 Å². The van der Waals surface area contributed by atoms with Gasteiger partial charge in [0.15, 0.2) is 0 Å². The number of likely N-dealkylation sites (tertiary alicyclic amines) is 1. The summed E-state index contributed by atoms with van der Waals surface area (Å²) in [6.07, 6.45) is 0.562. The van der Waals surface area contributed by atoms with E-state index >= 15 is 0 Å². The number of carbonyl (C=O) groups is 1. The van der Waals surface area contributed by atoms with Crippen LogP contribution < -0.4 is 10.5 Å². The molecule has 1 fully saturated rings. The summed E-state index contributed by atoms with van der Waals surface area (Å²) >= 11 is 0. The molecule has 1 unspecified atom stereocenters. The van der Waals surface area contributed by atoms with Crippen molar-refractivity contribution in [3.63, 3.8) is 0 Å². The molecule has 0 aliphatic carbocycles. The Morgan fingerprint density at radius 3 is 2.57 bits per heavy atom. The Labute approximate surface area is 174 Å². The molecule has 1 atom stereocenters. The Bertz CT molecular complexity index is 1130. The van der Waals surface area contributed by atoms with Gasteiger partial charge in [0.1, 0.15) is 5.82 Å². The summed E-state index contributed by atoms with van der Waals surface area (Å²) in [5, 5.41) is 0. The first-order valence-electron chi connectivity index (χ1n) is 9.30. The number of amides is 1. The Kier molecular flexibility index (Phi) is 5.95. The number of sulfonamides is 1. The van der Waals surface area contributed by atoms with Crippen LogP contribution in [0.2, 0.25) is 0 Å². The first-order valence-corrected chi connectivity index (χ1v) is 10.7. The SMILES string of the molecule is CN(C)c1nc(C2CCN(C(=O)c3cc(S(=O)(=O)N(C)C)ccc3F)C2)cc(=O)[nH]1. The quantitative estimate of drug-likeness (QED) is 0.744. The number of hydrogen-bond donors (Lipinski definition) is 1. The summed E-state index contributed by atoms with van der Waals surface area (Å²) in [5.74, 6) is -1.14. The van der Waals surface area contributed by atoms with Gasteiger partial charge in [-0.3, -0.25) is 14.6 Å². The molecular weight excluding hydrogens is 413 g/mol. The number of aromatic amines is 1. The number of carbonyl (C=O) groups excluding carboxylic acids is 1. The van der Waals surface area contributed by atoms with Gasteiger partial charge in [-0.15, -0.1) is 0 Å². The van der Waals surface area contributed by atoms with E-state index in [9.17, 15) is 22.4 Å². The van der Waals surface area contributed by atoms with E-state index in [1.807, 2.05) is 0 Å². The van der Waals surface area contributed by atoms with Crippen LogP contribution in [0.1, 0.15) is 28.4 Å². The highest BCUT2D eigenvalue weighted by Crippen LogP contribution is 2.28. The summed E-state index contributed by atoms with van der Waals surface area (Å²) in [6.45, 7) is 0.603. The molecule has 1 aromatic heterocycles. The zero-order valence-electron chi connectivity index (χ0n) is 17.2. The molecule has 1 N–H and O–H groups in total. The van der Waals surface area contributed by atoms with Gasteiger partial charge < -0.3 is 9.80 Å². The summed E-state index contributed by atoms with van der Waals surface area (Å²) < 4.78 is 40.0. The van der Waals surface area contributed by atoms with Crippen molar-refractivity contribution in [2.24, 2.45) is 0 Å². The molecule has 1 amide bonds. The van der Waals surface area contributed by atoms with E-state index in [1.165, 1.54) is 25.1 Å². The number of rotatable bonds is 5. The number of aromatic nitrogens is 2. The van der Waals surface area contributed by atoms with Gasteiger partial charge in [0.25, 0.3) is 11.5 Å². The van der Waals surface area contributed by atoms with Crippen molar-refractivity contribution in [3.05, 3.63) is 51.7 Å². The molecule has 2 heterocycles. The molecule has 0 spiro atoms. The zero-order valence-corrected chi connectivity index (χ0v) is 18.0. The maximum atomic E-state index is 14.4. The lowest BCUT2D eigenvalue weighted by atomic mass is 10.0. The van der Waals surface area contributed by atoms with Crippen LogP contribution in [0.5, 0.6) is 0 Å². The summed E-state index contributed by atoms with van der Waals surface area (Å²) in [6, 6.07) is 4.59. The Morgan fingerprint density at radius 2 is 1.93 bits per heavy atom. The third kappa shape index (κ3) is 4.21. The monoisotopic (exact) mass is 437 g/mol. The van der Waals surface area contributed by atoms with Crippen LogP contribution in [0.4, 0.5) is 10.3 Å². The molecule has 11 heteroatoms. The fourth-order valence-corrected chi connectivity index (χ4v) is 4.21. The molecule has 3 rings (SSSR count). The van der Waals surface area contributed by atoms with Crippen molar-refractivity contribution in [2.45, 2.75) is 17.2 Å². The van der Waals surface area contributed by atoms with E-state index in [0.717, 1.165) is 22.5 Å². The normalized spacial score (nSPS) is 16.9. The van der Waals surface area contributed by atoms with Crippen molar-refractivity contribution in [3.8, 4) is 0 Å². The van der Waals surface area contributed by atoms with Crippen LogP contribution in [0.15, 0.2) is 34.0 Å². The lowest BCUT2D eigenvalue weighted by Gasteiger charge is -2.19. The lowest BCUT2D eigenvalue weighted by molar-refractivity contribution is 0.0785. The largest absolute Gasteiger partial charge is 0.348 e. The molecule has 1 aliphatic heterocycles. The van der Waals surface area contributed by atoms with Gasteiger partial charge in [-0.05, 0) is 24.6 Å². The average molecular weight is 437 g/mol. The number of benzene rings is 1. The van der Waals surface area contributed by atoms with Gasteiger partial charge in [-0.1, -0.05) is 0 Å². The zero-order chi connectivity index (χ0) is 22.2. The van der Waals surface area contributed by atoms with Crippen LogP contribution >= 0.6 is 0 Å². The Balaban J connectivity index is 1.86. The second kappa shape index (κ2) is 8.15. The fourth-order valence-electron chi connectivity index (χ4n) is 3.28. The van der Waals surface area contributed by atoms with Gasteiger partial charge in [-0.2, -0.15) is 0 Å². The molecule has 0 saturated carbocycles. The number of hydrogen-bond acceptors (Lipinski definition) is 6. The Hall–Kier alpha value is -2.79. The molecule has 162 valence electrons. The number of halogens is 1. The van der Waals surface area contributed by atoms with E-state index in [-0.39, 0.29) is 28.5 Å². The van der Waals surface area contributed by atoms with Crippen molar-refractivity contribution in [2.75, 3.05) is 46.2 Å². The van der Waals surface area contributed by atoms with E-state index in [1.54, 1.807) is 19.0 Å². The predicted octanol–water partition coefficient (Wildman–Crippen LogP) is 0.855. The van der Waals surface area contributed by atoms with E-state index in [2.05, 4.69) is 9.97 Å². The first kappa shape index (κ1) is 21.9. The maximum absolute atomic E-state index is 14.4. The van der Waals surface area contributed by atoms with Gasteiger partial charge in [0, 0.05) is 53.3 Å². The molecular formula is C19H24FN5O4S. The minimum atomic E-state index is -3.80. The molecule has 30 heavy (non-hydrogen) atoms. The molecule has 1 saturated heterocycles. The van der Waals surface area contributed by atoms with E-state index in [4.69, 9.17) is 0 Å². The fraction of sp³-hybridized carbons (Fsp3) is 0.421. The second-order valence-corrected chi connectivity index (χ2v) is 9.71. The Morgan fingerprint density at radius 1 is 1.23 bits per heavy atom. The molecule has 9 nitrogen and oxygen atoms in total. The topological polar surface area (TPSA) is 107 Å². The number of nitrogens with one attached hydrogen (secondary N) is 1. The molecule has 1 aromatic carbocycles. The molecule has 2 aromatic rings. The number of nitrogens with zero attached hydrogens (tertiary/aromatic N) is 4. The first-order chi connectivity index (χ1) is 14.0. The van der Waals surface area contributed by atoms with Gasteiger partial charge in [0.05, 0.1) is 16.2 Å². The highest BCUT2D eigenvalue weighted by atomic mass is 32.2. The molecule has 0 radical (unpaired) electrons. The maximum Gasteiger partial charge on any atom is 0.256 e. The van der Waals surface area contributed by atoms with Gasteiger partial charge >= 0.3 is 0 Å². The minimum absolute atomic E-state index is 0.153. The molecule has 1 aliphatic rings. The van der Waals surface area contributed by atoms with E-state index < -0.39 is 21.7 Å². The van der Waals surface area contributed by atoms with Crippen molar-refractivity contribution in [1.82, 2.24) is 19.2 Å². The summed E-state index contributed by atoms with van der Waals surface area (Å²) in [4.78, 5) is 34.9. The standard InChI is InChI=1S/C19H24FN5O4S/c1-23(2)19-21-16(10-17(26)22-19)12-7-8-25(11-12)18(27)14-9-13(5-6-15(14)20)30(28,29)24(3)4/h5-6,9-10,12H,7-8,11H2,1-4H3,(H,21,22,26). The van der Waals surface area contributed by atoms with Crippen LogP contribution in [0, 0.1) is 5.82 Å². The van der Waals surface area contributed by atoms with Gasteiger partial charge in [-0.25, -0.2) is 22.1 Å². The van der Waals surface area contributed by atoms with Crippen molar-refractivity contribution < 1.29 is 17.6 Å². The van der Waals surface area contributed by atoms with Crippen molar-refractivity contribution >= 4 is 21.9 Å². The number of H-pyrrole nitrogens is 1. The van der Waals surface area contributed by atoms with Crippen LogP contribution in [0.25, 0.3) is 0 Å². The predicted molar refractivity (Wildman–Crippen MR) is 110 cm³/mol. The van der Waals surface area contributed by atoms with Crippen molar-refractivity contribution in [1.29, 1.82) is 0 Å². The van der Waals surface area contributed by atoms with Gasteiger partial charge in [0.2, 0.25) is 16.0 Å². The third-order valence-corrected chi connectivity index (χ3v) is 6.82. The smallest absolute Gasteiger partial charge is 0.256 e. The van der Waals surface area contributed by atoms with Crippen LogP contribution in [-0.2, 0) is 10.0 Å². The minimum Gasteiger partial charge on any atom is -0.348 e. The molecule has 0 bridgehead atoms. The van der Waals surface area contributed by atoms with E-state index in [0.29, 0.717) is 24.6 Å². The highest BCUT2D eigenvalue weighted by Gasteiger charge is 2.31. The summed E-state index contributed by atoms with van der Waals surface area (Å²) in [7, 11) is 2.43.